The molecule has 0 unspecified atom stereocenters. The second-order valence-electron chi connectivity index (χ2n) is 3.76. The zero-order valence-electron chi connectivity index (χ0n) is 8.22. The van der Waals surface area contributed by atoms with E-state index >= 15 is 0 Å². The Labute approximate surface area is 86.4 Å². The highest BCUT2D eigenvalue weighted by Crippen LogP contribution is 2.31. The van der Waals surface area contributed by atoms with Crippen LogP contribution in [-0.2, 0) is 0 Å². The lowest BCUT2D eigenvalue weighted by Crippen LogP contribution is -1.68. The minimum Gasteiger partial charge on any atom is -0.357 e. The van der Waals surface area contributed by atoms with Crippen molar-refractivity contribution in [1.82, 2.24) is 4.98 Å². The van der Waals surface area contributed by atoms with E-state index in [1.165, 1.54) is 31.6 Å². The van der Waals surface area contributed by atoms with Crippen LogP contribution in [0.4, 0.5) is 0 Å². The van der Waals surface area contributed by atoms with E-state index in [0.29, 0.717) is 0 Å². The molecule has 3 aromatic rings. The summed E-state index contributed by atoms with van der Waals surface area (Å²) in [6.07, 6.45) is 0. The van der Waals surface area contributed by atoms with Crippen molar-refractivity contribution in [2.75, 3.05) is 0 Å². The molecule has 0 saturated carbocycles. The molecule has 0 bridgehead atoms. The van der Waals surface area contributed by atoms with Crippen LogP contribution in [0.15, 0.2) is 24.3 Å². The van der Waals surface area contributed by atoms with E-state index in [2.05, 4.69) is 43.1 Å². The fraction of sp³-hybridized carbons (Fsp3) is 0.167. The highest BCUT2D eigenvalue weighted by Gasteiger charge is 2.05. The summed E-state index contributed by atoms with van der Waals surface area (Å²) in [6.45, 7) is 4.26. The summed E-state index contributed by atoms with van der Waals surface area (Å²) in [5.41, 5.74) is 2.52. The smallest absolute Gasteiger partial charge is 0.0637 e. The fourth-order valence-electron chi connectivity index (χ4n) is 1.96. The number of rotatable bonds is 0. The number of H-pyrrole nitrogens is 1. The summed E-state index contributed by atoms with van der Waals surface area (Å²) in [4.78, 5) is 4.80. The first-order valence-corrected chi connectivity index (χ1v) is 5.54. The van der Waals surface area contributed by atoms with Crippen molar-refractivity contribution in [3.8, 4) is 0 Å². The highest BCUT2D eigenvalue weighted by atomic mass is 32.1. The summed E-state index contributed by atoms with van der Waals surface area (Å²) in [5, 5.41) is 2.67. The molecule has 0 atom stereocenters. The first-order valence-electron chi connectivity index (χ1n) is 4.72. The molecule has 0 fully saturated rings. The fourth-order valence-corrected chi connectivity index (χ4v) is 2.99. The minimum absolute atomic E-state index is 1.23. The minimum atomic E-state index is 1.23. The van der Waals surface area contributed by atoms with Gasteiger partial charge in [0.05, 0.1) is 10.2 Å². The van der Waals surface area contributed by atoms with Gasteiger partial charge in [-0.05, 0) is 31.4 Å². The number of benzene rings is 1. The Morgan fingerprint density at radius 1 is 1.07 bits per heavy atom. The van der Waals surface area contributed by atoms with Gasteiger partial charge in [0.1, 0.15) is 0 Å². The van der Waals surface area contributed by atoms with Gasteiger partial charge in [-0.1, -0.05) is 12.1 Å². The van der Waals surface area contributed by atoms with Crippen LogP contribution in [-0.4, -0.2) is 4.98 Å². The van der Waals surface area contributed by atoms with Gasteiger partial charge in [-0.25, -0.2) is 0 Å². The maximum Gasteiger partial charge on any atom is 0.0637 e. The second-order valence-corrected chi connectivity index (χ2v) is 5.01. The van der Waals surface area contributed by atoms with E-state index in [4.69, 9.17) is 0 Å². The van der Waals surface area contributed by atoms with E-state index in [0.717, 1.165) is 0 Å². The monoisotopic (exact) mass is 201 g/mol. The largest absolute Gasteiger partial charge is 0.357 e. The molecule has 0 aliphatic heterocycles. The quantitative estimate of drug-likeness (QED) is 0.566. The van der Waals surface area contributed by atoms with Crippen LogP contribution < -0.4 is 0 Å². The lowest BCUT2D eigenvalue weighted by molar-refractivity contribution is 1.31. The van der Waals surface area contributed by atoms with Gasteiger partial charge in [-0.3, -0.25) is 0 Å². The molecule has 2 heterocycles. The standard InChI is InChI=1S/C12H11NS/c1-7-5-9-3-4-10-6-8(2)14-12(10)11(9)13-7/h3-6,13H,1-2H3. The summed E-state index contributed by atoms with van der Waals surface area (Å²) < 4.78 is 1.38. The number of aromatic nitrogens is 1. The Bertz CT molecular complexity index is 560. The molecule has 3 rings (SSSR count). The molecule has 2 aromatic heterocycles. The van der Waals surface area contributed by atoms with Crippen LogP contribution in [0.25, 0.3) is 21.0 Å². The lowest BCUT2D eigenvalue weighted by Gasteiger charge is -1.91. The topological polar surface area (TPSA) is 15.8 Å². The molecule has 0 saturated heterocycles. The first-order chi connectivity index (χ1) is 6.74. The Kier molecular flexibility index (Phi) is 1.50. The Morgan fingerprint density at radius 2 is 1.86 bits per heavy atom. The molecule has 1 nitrogen and oxygen atoms in total. The Hall–Kier alpha value is -1.28. The predicted octanol–water partition coefficient (Wildman–Crippen LogP) is 4.00. The van der Waals surface area contributed by atoms with Crippen LogP contribution >= 0.6 is 11.3 Å². The normalized spacial score (nSPS) is 11.6. The van der Waals surface area contributed by atoms with Crippen LogP contribution in [0, 0.1) is 13.8 Å². The molecule has 0 aliphatic rings. The molecule has 2 heteroatoms. The number of hydrogen-bond acceptors (Lipinski definition) is 1. The van der Waals surface area contributed by atoms with Gasteiger partial charge in [0.2, 0.25) is 0 Å². The molecular formula is C12H11NS. The van der Waals surface area contributed by atoms with Crippen LogP contribution in [0.1, 0.15) is 10.6 Å². The third-order valence-corrected chi connectivity index (χ3v) is 3.62. The number of thiophene rings is 1. The Balaban J connectivity index is 2.58. The molecule has 14 heavy (non-hydrogen) atoms. The molecule has 1 aromatic carbocycles. The van der Waals surface area contributed by atoms with E-state index in [1.807, 2.05) is 11.3 Å². The summed E-state index contributed by atoms with van der Waals surface area (Å²) >= 11 is 1.86. The molecule has 0 spiro atoms. The predicted molar refractivity (Wildman–Crippen MR) is 63.2 cm³/mol. The number of fused-ring (bicyclic) bond motifs is 3. The highest BCUT2D eigenvalue weighted by molar-refractivity contribution is 7.19. The van der Waals surface area contributed by atoms with Gasteiger partial charge in [0, 0.05) is 16.0 Å². The SMILES string of the molecule is Cc1cc2ccc3cc(C)sc3c2[nH]1. The third-order valence-electron chi connectivity index (χ3n) is 2.54. The van der Waals surface area contributed by atoms with Crippen molar-refractivity contribution < 1.29 is 0 Å². The molecule has 0 amide bonds. The van der Waals surface area contributed by atoms with Crippen molar-refractivity contribution in [2.45, 2.75) is 13.8 Å². The first kappa shape index (κ1) is 8.06. The van der Waals surface area contributed by atoms with Crippen molar-refractivity contribution in [1.29, 1.82) is 0 Å². The lowest BCUT2D eigenvalue weighted by atomic mass is 10.2. The average Bonchev–Trinajstić information content (AvgIpc) is 2.65. The van der Waals surface area contributed by atoms with Gasteiger partial charge in [-0.15, -0.1) is 11.3 Å². The van der Waals surface area contributed by atoms with Crippen molar-refractivity contribution >= 4 is 32.3 Å². The molecular weight excluding hydrogens is 190 g/mol. The number of aryl methyl sites for hydroxylation is 2. The average molecular weight is 201 g/mol. The van der Waals surface area contributed by atoms with Crippen molar-refractivity contribution in [3.63, 3.8) is 0 Å². The van der Waals surface area contributed by atoms with E-state index < -0.39 is 0 Å². The van der Waals surface area contributed by atoms with Gasteiger partial charge < -0.3 is 4.98 Å². The number of hydrogen-bond donors (Lipinski definition) is 1. The van der Waals surface area contributed by atoms with Crippen molar-refractivity contribution in [2.24, 2.45) is 0 Å². The molecule has 1 N–H and O–H groups in total. The van der Waals surface area contributed by atoms with Crippen LogP contribution in [0.5, 0.6) is 0 Å². The maximum atomic E-state index is 3.43. The zero-order chi connectivity index (χ0) is 9.71. The van der Waals surface area contributed by atoms with Gasteiger partial charge in [0.15, 0.2) is 0 Å². The number of nitrogens with one attached hydrogen (secondary N) is 1. The summed E-state index contributed by atoms with van der Waals surface area (Å²) in [7, 11) is 0. The van der Waals surface area contributed by atoms with Crippen LogP contribution in [0.3, 0.4) is 0 Å². The zero-order valence-corrected chi connectivity index (χ0v) is 9.03. The molecule has 0 aliphatic carbocycles. The van der Waals surface area contributed by atoms with Gasteiger partial charge in [0.25, 0.3) is 0 Å². The molecule has 0 radical (unpaired) electrons. The van der Waals surface area contributed by atoms with Crippen molar-refractivity contribution in [3.05, 3.63) is 34.8 Å². The van der Waals surface area contributed by atoms with Gasteiger partial charge >= 0.3 is 0 Å². The van der Waals surface area contributed by atoms with E-state index in [-0.39, 0.29) is 0 Å². The van der Waals surface area contributed by atoms with Crippen LogP contribution in [0.2, 0.25) is 0 Å². The summed E-state index contributed by atoms with van der Waals surface area (Å²) in [5.74, 6) is 0. The Morgan fingerprint density at radius 3 is 2.71 bits per heavy atom. The van der Waals surface area contributed by atoms with E-state index in [9.17, 15) is 0 Å². The number of aromatic amines is 1. The second kappa shape index (κ2) is 2.61. The molecule has 70 valence electrons. The summed E-state index contributed by atoms with van der Waals surface area (Å²) in [6, 6.07) is 8.83. The third kappa shape index (κ3) is 1.01. The van der Waals surface area contributed by atoms with E-state index in [1.54, 1.807) is 0 Å². The van der Waals surface area contributed by atoms with Gasteiger partial charge in [-0.2, -0.15) is 0 Å². The maximum absolute atomic E-state index is 3.43.